The van der Waals surface area contributed by atoms with Gasteiger partial charge in [-0.05, 0) is 31.9 Å². The molecule has 1 N–H and O–H groups in total. The first-order valence-corrected chi connectivity index (χ1v) is 7.59. The lowest BCUT2D eigenvalue weighted by atomic mass is 10.2. The molecule has 1 heterocycles. The van der Waals surface area contributed by atoms with Crippen LogP contribution in [0.2, 0.25) is 4.34 Å². The third-order valence-electron chi connectivity index (χ3n) is 2.96. The number of carbonyl (C=O) groups is 1. The van der Waals surface area contributed by atoms with Crippen molar-refractivity contribution in [3.8, 4) is 0 Å². The number of rotatable bonds is 6. The van der Waals surface area contributed by atoms with E-state index in [1.807, 2.05) is 19.1 Å². The standard InChI is InChI=1S/C13H21ClN2OS/c1-4-10(5-2)15-13(17)16(6-3)9-11-7-8-12(14)18-11/h7-8,10H,4-6,9H2,1-3H3,(H,15,17). The lowest BCUT2D eigenvalue weighted by Crippen LogP contribution is -2.43. The highest BCUT2D eigenvalue weighted by Crippen LogP contribution is 2.22. The first-order chi connectivity index (χ1) is 8.60. The summed E-state index contributed by atoms with van der Waals surface area (Å²) in [5, 5.41) is 3.05. The molecule has 0 radical (unpaired) electrons. The van der Waals surface area contributed by atoms with Crippen LogP contribution in [0.5, 0.6) is 0 Å². The van der Waals surface area contributed by atoms with E-state index in [2.05, 4.69) is 19.2 Å². The Kier molecular flexibility index (Phi) is 6.50. The first-order valence-electron chi connectivity index (χ1n) is 6.40. The van der Waals surface area contributed by atoms with Gasteiger partial charge in [-0.2, -0.15) is 0 Å². The average molecular weight is 289 g/mol. The average Bonchev–Trinajstić information content (AvgIpc) is 2.78. The molecule has 0 bridgehead atoms. The molecular weight excluding hydrogens is 268 g/mol. The third-order valence-corrected chi connectivity index (χ3v) is 4.17. The first kappa shape index (κ1) is 15.3. The zero-order valence-electron chi connectivity index (χ0n) is 11.2. The van der Waals surface area contributed by atoms with Crippen LogP contribution in [0, 0.1) is 0 Å². The number of nitrogens with zero attached hydrogens (tertiary/aromatic N) is 1. The van der Waals surface area contributed by atoms with Gasteiger partial charge >= 0.3 is 6.03 Å². The second-order valence-electron chi connectivity index (χ2n) is 4.18. The van der Waals surface area contributed by atoms with Gasteiger partial charge < -0.3 is 10.2 Å². The number of amides is 2. The molecule has 0 spiro atoms. The molecule has 3 nitrogen and oxygen atoms in total. The van der Waals surface area contributed by atoms with Gasteiger partial charge in [0, 0.05) is 17.5 Å². The normalized spacial score (nSPS) is 10.7. The Morgan fingerprint density at radius 2 is 2.06 bits per heavy atom. The lowest BCUT2D eigenvalue weighted by Gasteiger charge is -2.24. The molecule has 0 aliphatic rings. The largest absolute Gasteiger partial charge is 0.335 e. The van der Waals surface area contributed by atoms with Crippen molar-refractivity contribution in [1.29, 1.82) is 0 Å². The summed E-state index contributed by atoms with van der Waals surface area (Å²) >= 11 is 7.42. The molecule has 0 saturated heterocycles. The maximum Gasteiger partial charge on any atom is 0.317 e. The summed E-state index contributed by atoms with van der Waals surface area (Å²) in [6, 6.07) is 4.11. The number of halogens is 1. The topological polar surface area (TPSA) is 32.3 Å². The Morgan fingerprint density at radius 1 is 1.39 bits per heavy atom. The van der Waals surface area contributed by atoms with E-state index in [-0.39, 0.29) is 12.1 Å². The fourth-order valence-corrected chi connectivity index (χ4v) is 2.81. The van der Waals surface area contributed by atoms with Gasteiger partial charge in [0.2, 0.25) is 0 Å². The Balaban J connectivity index is 2.57. The summed E-state index contributed by atoms with van der Waals surface area (Å²) in [5.74, 6) is 0. The van der Waals surface area contributed by atoms with Crippen LogP contribution >= 0.6 is 22.9 Å². The minimum Gasteiger partial charge on any atom is -0.335 e. The highest BCUT2D eigenvalue weighted by atomic mass is 35.5. The van der Waals surface area contributed by atoms with Crippen molar-refractivity contribution in [1.82, 2.24) is 10.2 Å². The van der Waals surface area contributed by atoms with E-state index in [1.54, 1.807) is 4.90 Å². The van der Waals surface area contributed by atoms with Crippen LogP contribution in [0.1, 0.15) is 38.5 Å². The number of urea groups is 1. The smallest absolute Gasteiger partial charge is 0.317 e. The Morgan fingerprint density at radius 3 is 2.50 bits per heavy atom. The van der Waals surface area contributed by atoms with Crippen molar-refractivity contribution in [3.63, 3.8) is 0 Å². The zero-order valence-corrected chi connectivity index (χ0v) is 12.8. The van der Waals surface area contributed by atoms with Crippen molar-refractivity contribution >= 4 is 29.0 Å². The van der Waals surface area contributed by atoms with Crippen LogP contribution in [0.25, 0.3) is 0 Å². The Bertz CT molecular complexity index is 377. The van der Waals surface area contributed by atoms with Gasteiger partial charge in [0.1, 0.15) is 0 Å². The van der Waals surface area contributed by atoms with E-state index in [0.29, 0.717) is 13.1 Å². The molecule has 0 atom stereocenters. The van der Waals surface area contributed by atoms with E-state index in [1.165, 1.54) is 11.3 Å². The zero-order chi connectivity index (χ0) is 13.5. The van der Waals surface area contributed by atoms with Crippen molar-refractivity contribution in [3.05, 3.63) is 21.3 Å². The predicted octanol–water partition coefficient (Wildman–Crippen LogP) is 4.12. The van der Waals surface area contributed by atoms with E-state index in [0.717, 1.165) is 22.1 Å². The number of nitrogens with one attached hydrogen (secondary N) is 1. The molecule has 0 saturated carbocycles. The molecule has 102 valence electrons. The third kappa shape index (κ3) is 4.50. The van der Waals surface area contributed by atoms with Crippen LogP contribution < -0.4 is 5.32 Å². The summed E-state index contributed by atoms with van der Waals surface area (Å²) in [4.78, 5) is 15.0. The fraction of sp³-hybridized carbons (Fsp3) is 0.615. The van der Waals surface area contributed by atoms with Gasteiger partial charge in [-0.25, -0.2) is 4.79 Å². The maximum atomic E-state index is 12.1. The highest BCUT2D eigenvalue weighted by molar-refractivity contribution is 7.16. The molecule has 0 fully saturated rings. The SMILES string of the molecule is CCC(CC)NC(=O)N(CC)Cc1ccc(Cl)s1. The van der Waals surface area contributed by atoms with Crippen LogP contribution in [-0.2, 0) is 6.54 Å². The second kappa shape index (κ2) is 7.64. The summed E-state index contributed by atoms with van der Waals surface area (Å²) in [7, 11) is 0. The lowest BCUT2D eigenvalue weighted by molar-refractivity contribution is 0.193. The quantitative estimate of drug-likeness (QED) is 0.839. The summed E-state index contributed by atoms with van der Waals surface area (Å²) < 4.78 is 0.765. The van der Waals surface area contributed by atoms with Crippen LogP contribution in [-0.4, -0.2) is 23.5 Å². The number of carbonyl (C=O) groups excluding carboxylic acids is 1. The van der Waals surface area contributed by atoms with Crippen molar-refractivity contribution in [2.75, 3.05) is 6.54 Å². The monoisotopic (exact) mass is 288 g/mol. The molecule has 0 unspecified atom stereocenters. The molecule has 2 amide bonds. The molecule has 18 heavy (non-hydrogen) atoms. The van der Waals surface area contributed by atoms with Gasteiger partial charge in [-0.1, -0.05) is 25.4 Å². The van der Waals surface area contributed by atoms with E-state index in [9.17, 15) is 4.79 Å². The van der Waals surface area contributed by atoms with E-state index in [4.69, 9.17) is 11.6 Å². The molecular formula is C13H21ClN2OS. The van der Waals surface area contributed by atoms with E-state index >= 15 is 0 Å². The second-order valence-corrected chi connectivity index (χ2v) is 5.98. The number of hydrogen-bond donors (Lipinski definition) is 1. The van der Waals surface area contributed by atoms with Crippen LogP contribution in [0.4, 0.5) is 4.79 Å². The summed E-state index contributed by atoms with van der Waals surface area (Å²) in [6.07, 6.45) is 1.93. The molecule has 5 heteroatoms. The molecule has 1 rings (SSSR count). The summed E-state index contributed by atoms with van der Waals surface area (Å²) in [5.41, 5.74) is 0. The van der Waals surface area contributed by atoms with Gasteiger partial charge in [-0.15, -0.1) is 11.3 Å². The highest BCUT2D eigenvalue weighted by Gasteiger charge is 2.15. The van der Waals surface area contributed by atoms with Gasteiger partial charge in [-0.3, -0.25) is 0 Å². The molecule has 1 aromatic rings. The summed E-state index contributed by atoms with van der Waals surface area (Å²) in [6.45, 7) is 7.48. The van der Waals surface area contributed by atoms with Gasteiger partial charge in [0.25, 0.3) is 0 Å². The van der Waals surface area contributed by atoms with Crippen molar-refractivity contribution in [2.24, 2.45) is 0 Å². The molecule has 0 aliphatic carbocycles. The fourth-order valence-electron chi connectivity index (χ4n) is 1.71. The van der Waals surface area contributed by atoms with Gasteiger partial charge in [0.15, 0.2) is 0 Å². The molecule has 1 aromatic heterocycles. The van der Waals surface area contributed by atoms with Crippen molar-refractivity contribution in [2.45, 2.75) is 46.2 Å². The number of hydrogen-bond acceptors (Lipinski definition) is 2. The molecule has 0 aliphatic heterocycles. The maximum absolute atomic E-state index is 12.1. The van der Waals surface area contributed by atoms with Crippen LogP contribution in [0.3, 0.4) is 0 Å². The minimum absolute atomic E-state index is 0.00993. The molecule has 0 aromatic carbocycles. The van der Waals surface area contributed by atoms with Gasteiger partial charge in [0.05, 0.1) is 10.9 Å². The van der Waals surface area contributed by atoms with Crippen molar-refractivity contribution < 1.29 is 4.79 Å². The minimum atomic E-state index is 0.00993. The Labute approximate surface area is 118 Å². The predicted molar refractivity (Wildman–Crippen MR) is 78.3 cm³/mol. The van der Waals surface area contributed by atoms with Crippen LogP contribution in [0.15, 0.2) is 12.1 Å². The van der Waals surface area contributed by atoms with E-state index < -0.39 is 0 Å². The number of thiophene rings is 1. The Hall–Kier alpha value is -0.740.